The standard InChI is InChI=1S/C23H20O8/c1-23(2)6-5-10-14(31-23)8-12(24)18-19(25)17-11-7-15(27-3)16(28-4)9-13(11)29-22(26)21(17)30-20(10)18/h5-9,22,24,26H,1-4H3/t22-/m0/s1. The van der Waals surface area contributed by atoms with Gasteiger partial charge in [-0.2, -0.15) is 0 Å². The van der Waals surface area contributed by atoms with E-state index in [9.17, 15) is 15.0 Å². The average Bonchev–Trinajstić information content (AvgIpc) is 2.72. The molecular weight excluding hydrogens is 404 g/mol. The number of phenols is 1. The van der Waals surface area contributed by atoms with Crippen LogP contribution in [0.4, 0.5) is 0 Å². The highest BCUT2D eigenvalue weighted by molar-refractivity contribution is 5.96. The van der Waals surface area contributed by atoms with E-state index in [1.807, 2.05) is 19.9 Å². The summed E-state index contributed by atoms with van der Waals surface area (Å²) in [6.07, 6.45) is 2.07. The molecule has 3 aromatic rings. The number of hydrogen-bond donors (Lipinski definition) is 2. The molecule has 2 aliphatic heterocycles. The van der Waals surface area contributed by atoms with Gasteiger partial charge in [-0.25, -0.2) is 0 Å². The number of aliphatic hydroxyl groups excluding tert-OH is 1. The first-order valence-electron chi connectivity index (χ1n) is 9.60. The SMILES string of the molecule is COc1cc2c(cc1OC)-c1c(oc3c4c(cc(O)c3c1=O)OC(C)(C)C=C4)[C@@H](O)O2. The summed E-state index contributed by atoms with van der Waals surface area (Å²) in [4.78, 5) is 13.5. The van der Waals surface area contributed by atoms with Crippen LogP contribution in [0.1, 0.15) is 31.5 Å². The number of aliphatic hydroxyl groups is 1. The monoisotopic (exact) mass is 424 g/mol. The van der Waals surface area contributed by atoms with Crippen molar-refractivity contribution >= 4 is 17.0 Å². The molecule has 1 atom stereocenters. The van der Waals surface area contributed by atoms with E-state index >= 15 is 0 Å². The first-order chi connectivity index (χ1) is 14.7. The van der Waals surface area contributed by atoms with Crippen LogP contribution in [0.5, 0.6) is 28.7 Å². The fraction of sp³-hybridized carbons (Fsp3) is 0.261. The lowest BCUT2D eigenvalue weighted by Gasteiger charge is -2.29. The highest BCUT2D eigenvalue weighted by Gasteiger charge is 2.34. The quantitative estimate of drug-likeness (QED) is 0.641. The summed E-state index contributed by atoms with van der Waals surface area (Å²) in [6.45, 7) is 3.74. The van der Waals surface area contributed by atoms with Crippen LogP contribution in [0.2, 0.25) is 0 Å². The van der Waals surface area contributed by atoms with Gasteiger partial charge >= 0.3 is 0 Å². The fourth-order valence-corrected chi connectivity index (χ4v) is 3.96. The third-order valence-electron chi connectivity index (χ3n) is 5.42. The molecule has 31 heavy (non-hydrogen) atoms. The van der Waals surface area contributed by atoms with Crippen molar-refractivity contribution < 1.29 is 33.6 Å². The molecule has 0 fully saturated rings. The van der Waals surface area contributed by atoms with Crippen LogP contribution >= 0.6 is 0 Å². The Kier molecular flexibility index (Phi) is 4.00. The molecule has 2 aliphatic rings. The number of benzene rings is 2. The molecule has 0 aliphatic carbocycles. The maximum atomic E-state index is 13.5. The van der Waals surface area contributed by atoms with Gasteiger partial charge in [-0.05, 0) is 32.1 Å². The van der Waals surface area contributed by atoms with E-state index in [1.54, 1.807) is 12.1 Å². The van der Waals surface area contributed by atoms with Gasteiger partial charge in [0.2, 0.25) is 5.43 Å². The Balaban J connectivity index is 1.85. The van der Waals surface area contributed by atoms with Gasteiger partial charge in [0.15, 0.2) is 22.8 Å². The van der Waals surface area contributed by atoms with E-state index in [0.717, 1.165) is 0 Å². The number of rotatable bonds is 2. The summed E-state index contributed by atoms with van der Waals surface area (Å²) in [6, 6.07) is 4.50. The van der Waals surface area contributed by atoms with Crippen LogP contribution in [0.25, 0.3) is 28.2 Å². The second-order valence-corrected chi connectivity index (χ2v) is 7.89. The summed E-state index contributed by atoms with van der Waals surface area (Å²) in [5.41, 5.74) is -0.0455. The molecule has 0 unspecified atom stereocenters. The average molecular weight is 424 g/mol. The summed E-state index contributed by atoms with van der Waals surface area (Å²) in [5.74, 6) is 1.01. The second-order valence-electron chi connectivity index (χ2n) is 7.89. The molecule has 1 aromatic heterocycles. The smallest absolute Gasteiger partial charge is 0.257 e. The Labute approximate surface area is 176 Å². The van der Waals surface area contributed by atoms with Crippen LogP contribution < -0.4 is 24.4 Å². The second kappa shape index (κ2) is 6.42. The third kappa shape index (κ3) is 2.75. The van der Waals surface area contributed by atoms with Gasteiger partial charge in [-0.15, -0.1) is 0 Å². The van der Waals surface area contributed by atoms with Crippen molar-refractivity contribution in [2.45, 2.75) is 25.7 Å². The van der Waals surface area contributed by atoms with Crippen LogP contribution in [-0.2, 0) is 0 Å². The van der Waals surface area contributed by atoms with Gasteiger partial charge in [0.05, 0.1) is 25.3 Å². The minimum atomic E-state index is -1.53. The van der Waals surface area contributed by atoms with Crippen LogP contribution in [0.3, 0.4) is 0 Å². The Morgan fingerprint density at radius 2 is 1.77 bits per heavy atom. The van der Waals surface area contributed by atoms with Crippen molar-refractivity contribution in [2.24, 2.45) is 0 Å². The topological polar surface area (TPSA) is 108 Å². The molecule has 8 nitrogen and oxygen atoms in total. The van der Waals surface area contributed by atoms with Gasteiger partial charge in [-0.1, -0.05) is 0 Å². The van der Waals surface area contributed by atoms with Gasteiger partial charge < -0.3 is 33.6 Å². The molecular formula is C23H20O8. The zero-order valence-corrected chi connectivity index (χ0v) is 17.3. The third-order valence-corrected chi connectivity index (χ3v) is 5.42. The Bertz CT molecular complexity index is 1330. The first kappa shape index (κ1) is 19.3. The first-order valence-corrected chi connectivity index (χ1v) is 9.60. The van der Waals surface area contributed by atoms with E-state index in [4.69, 9.17) is 23.4 Å². The number of aromatic hydroxyl groups is 1. The maximum absolute atomic E-state index is 13.5. The normalized spacial score (nSPS) is 17.8. The van der Waals surface area contributed by atoms with Gasteiger partial charge in [0.25, 0.3) is 6.29 Å². The Morgan fingerprint density at radius 3 is 2.48 bits per heavy atom. The number of phenolic OH excluding ortho intramolecular Hbond substituents is 1. The molecule has 0 amide bonds. The molecule has 0 radical (unpaired) electrons. The van der Waals surface area contributed by atoms with Crippen molar-refractivity contribution in [1.29, 1.82) is 0 Å². The van der Waals surface area contributed by atoms with Crippen LogP contribution in [0.15, 0.2) is 33.5 Å². The van der Waals surface area contributed by atoms with Crippen molar-refractivity contribution in [2.75, 3.05) is 14.2 Å². The predicted molar refractivity (Wildman–Crippen MR) is 112 cm³/mol. The van der Waals surface area contributed by atoms with Gasteiger partial charge in [0, 0.05) is 17.7 Å². The summed E-state index contributed by atoms with van der Waals surface area (Å²) in [5, 5.41) is 21.3. The number of hydrogen-bond acceptors (Lipinski definition) is 8. The molecule has 160 valence electrons. The molecule has 0 saturated carbocycles. The lowest BCUT2D eigenvalue weighted by atomic mass is 9.95. The molecule has 2 aromatic carbocycles. The highest BCUT2D eigenvalue weighted by Crippen LogP contribution is 2.48. The minimum absolute atomic E-state index is 0.0136. The van der Waals surface area contributed by atoms with Crippen LogP contribution in [-0.4, -0.2) is 30.0 Å². The molecule has 5 rings (SSSR count). The maximum Gasteiger partial charge on any atom is 0.257 e. The lowest BCUT2D eigenvalue weighted by Crippen LogP contribution is -2.27. The van der Waals surface area contributed by atoms with E-state index in [0.29, 0.717) is 28.4 Å². The number of methoxy groups -OCH3 is 2. The van der Waals surface area contributed by atoms with Crippen LogP contribution in [0, 0.1) is 0 Å². The van der Waals surface area contributed by atoms with Crippen molar-refractivity contribution in [3.05, 3.63) is 45.8 Å². The molecule has 0 saturated heterocycles. The summed E-state index contributed by atoms with van der Waals surface area (Å²) in [7, 11) is 2.94. The Hall–Kier alpha value is -3.65. The van der Waals surface area contributed by atoms with Crippen molar-refractivity contribution in [3.63, 3.8) is 0 Å². The lowest BCUT2D eigenvalue weighted by molar-refractivity contribution is -0.0377. The van der Waals surface area contributed by atoms with Crippen molar-refractivity contribution in [3.8, 4) is 39.9 Å². The number of ether oxygens (including phenoxy) is 4. The zero-order valence-electron chi connectivity index (χ0n) is 17.3. The predicted octanol–water partition coefficient (Wildman–Crippen LogP) is 3.75. The van der Waals surface area contributed by atoms with E-state index in [-0.39, 0.29) is 33.8 Å². The zero-order chi connectivity index (χ0) is 22.1. The minimum Gasteiger partial charge on any atom is -0.507 e. The van der Waals surface area contributed by atoms with E-state index < -0.39 is 17.3 Å². The molecule has 3 heterocycles. The van der Waals surface area contributed by atoms with Gasteiger partial charge in [-0.3, -0.25) is 4.79 Å². The van der Waals surface area contributed by atoms with Crippen molar-refractivity contribution in [1.82, 2.24) is 0 Å². The molecule has 2 N–H and O–H groups in total. The van der Waals surface area contributed by atoms with Gasteiger partial charge in [0.1, 0.15) is 28.2 Å². The molecule has 0 spiro atoms. The number of fused-ring (bicyclic) bond motifs is 6. The molecule has 0 bridgehead atoms. The summed E-state index contributed by atoms with van der Waals surface area (Å²) >= 11 is 0. The molecule has 8 heteroatoms. The summed E-state index contributed by atoms with van der Waals surface area (Å²) < 4.78 is 28.1. The highest BCUT2D eigenvalue weighted by atomic mass is 16.6. The van der Waals surface area contributed by atoms with E-state index in [2.05, 4.69) is 0 Å². The van der Waals surface area contributed by atoms with E-state index in [1.165, 1.54) is 26.4 Å². The Morgan fingerprint density at radius 1 is 1.06 bits per heavy atom. The largest absolute Gasteiger partial charge is 0.507 e. The fourth-order valence-electron chi connectivity index (χ4n) is 3.96.